The first-order valence-corrected chi connectivity index (χ1v) is 8.28. The van der Waals surface area contributed by atoms with E-state index in [-0.39, 0.29) is 6.23 Å². The number of fused-ring (bicyclic) bond motifs is 1. The number of anilines is 1. The second kappa shape index (κ2) is 6.60. The van der Waals surface area contributed by atoms with Crippen molar-refractivity contribution in [2.75, 3.05) is 19.0 Å². The maximum atomic E-state index is 5.61. The highest BCUT2D eigenvalue weighted by Crippen LogP contribution is 2.30. The van der Waals surface area contributed by atoms with Gasteiger partial charge in [-0.15, -0.1) is 5.10 Å². The van der Waals surface area contributed by atoms with Crippen LogP contribution in [0.3, 0.4) is 0 Å². The van der Waals surface area contributed by atoms with Crippen LogP contribution in [-0.2, 0) is 4.74 Å². The van der Waals surface area contributed by atoms with Crippen molar-refractivity contribution in [1.82, 2.24) is 24.4 Å². The molecule has 0 radical (unpaired) electrons. The monoisotopic (exact) mass is 328 g/mol. The Hall–Kier alpha value is -2.41. The lowest BCUT2D eigenvalue weighted by atomic mass is 10.00. The third-order valence-electron chi connectivity index (χ3n) is 4.00. The Morgan fingerprint density at radius 3 is 2.71 bits per heavy atom. The van der Waals surface area contributed by atoms with Crippen LogP contribution in [0.2, 0.25) is 0 Å². The van der Waals surface area contributed by atoms with Gasteiger partial charge in [0, 0.05) is 31.0 Å². The number of nitrogens with zero attached hydrogens (tertiary/aromatic N) is 5. The van der Waals surface area contributed by atoms with E-state index in [0.717, 1.165) is 22.5 Å². The van der Waals surface area contributed by atoms with E-state index in [2.05, 4.69) is 40.4 Å². The second-order valence-corrected chi connectivity index (χ2v) is 6.01. The van der Waals surface area contributed by atoms with E-state index >= 15 is 0 Å². The number of ether oxygens (including phenoxy) is 1. The first-order chi connectivity index (χ1) is 11.5. The summed E-state index contributed by atoms with van der Waals surface area (Å²) in [7, 11) is 1.82. The van der Waals surface area contributed by atoms with Gasteiger partial charge in [0.2, 0.25) is 5.95 Å². The van der Waals surface area contributed by atoms with Gasteiger partial charge in [-0.3, -0.25) is 0 Å². The summed E-state index contributed by atoms with van der Waals surface area (Å²) in [6.45, 7) is 8.95. The lowest BCUT2D eigenvalue weighted by Gasteiger charge is -2.13. The molecule has 3 aromatic heterocycles. The number of hydrogen-bond acceptors (Lipinski definition) is 5. The maximum Gasteiger partial charge on any atom is 0.242 e. The standard InChI is InChI=1S/C17H24N6O/c1-6-24-12(4)22-10-13(9-19-22)14-7-8-15-20-17(18-5)21-23(15)16(14)11(2)3/h7-12H,6H2,1-5H3,(H,18,21). The Bertz CT molecular complexity index is 835. The van der Waals surface area contributed by atoms with Crippen LogP contribution in [-0.4, -0.2) is 38.0 Å². The van der Waals surface area contributed by atoms with E-state index in [9.17, 15) is 0 Å². The topological polar surface area (TPSA) is 69.3 Å². The molecule has 7 heteroatoms. The van der Waals surface area contributed by atoms with Crippen molar-refractivity contribution in [3.8, 4) is 11.1 Å². The summed E-state index contributed by atoms with van der Waals surface area (Å²) in [4.78, 5) is 4.47. The summed E-state index contributed by atoms with van der Waals surface area (Å²) in [5.74, 6) is 0.914. The van der Waals surface area contributed by atoms with Crippen molar-refractivity contribution in [1.29, 1.82) is 0 Å². The fraction of sp³-hybridized carbons (Fsp3) is 0.471. The Kier molecular flexibility index (Phi) is 4.53. The van der Waals surface area contributed by atoms with Gasteiger partial charge in [-0.25, -0.2) is 9.20 Å². The molecule has 0 amide bonds. The number of pyridine rings is 1. The van der Waals surface area contributed by atoms with E-state index in [1.54, 1.807) is 0 Å². The van der Waals surface area contributed by atoms with Gasteiger partial charge >= 0.3 is 0 Å². The Labute approximate surface area is 141 Å². The number of rotatable bonds is 6. The van der Waals surface area contributed by atoms with Gasteiger partial charge in [0.05, 0.1) is 11.9 Å². The summed E-state index contributed by atoms with van der Waals surface area (Å²) < 4.78 is 9.36. The molecule has 0 fully saturated rings. The average molecular weight is 328 g/mol. The highest BCUT2D eigenvalue weighted by atomic mass is 16.5. The lowest BCUT2D eigenvalue weighted by Crippen LogP contribution is -2.09. The van der Waals surface area contributed by atoms with E-state index in [1.807, 2.05) is 48.6 Å². The third kappa shape index (κ3) is 2.87. The van der Waals surface area contributed by atoms with E-state index in [0.29, 0.717) is 18.5 Å². The van der Waals surface area contributed by atoms with Crippen LogP contribution in [0.5, 0.6) is 0 Å². The first-order valence-electron chi connectivity index (χ1n) is 8.28. The van der Waals surface area contributed by atoms with E-state index in [4.69, 9.17) is 4.74 Å². The molecule has 0 saturated carbocycles. The van der Waals surface area contributed by atoms with Crippen LogP contribution in [0.4, 0.5) is 5.95 Å². The SMILES string of the molecule is CCOC(C)n1cc(-c2ccc3nc(NC)nn3c2C(C)C)cn1. The molecule has 128 valence electrons. The van der Waals surface area contributed by atoms with Crippen LogP contribution in [0.1, 0.15) is 45.5 Å². The minimum absolute atomic E-state index is 0.0859. The molecule has 0 aliphatic heterocycles. The van der Waals surface area contributed by atoms with Gasteiger partial charge in [-0.05, 0) is 31.9 Å². The molecule has 3 aromatic rings. The lowest BCUT2D eigenvalue weighted by molar-refractivity contribution is 0.0160. The van der Waals surface area contributed by atoms with Crippen LogP contribution >= 0.6 is 0 Å². The Morgan fingerprint density at radius 1 is 1.25 bits per heavy atom. The molecule has 1 N–H and O–H groups in total. The number of nitrogens with one attached hydrogen (secondary N) is 1. The summed E-state index contributed by atoms with van der Waals surface area (Å²) in [6.07, 6.45) is 3.80. The van der Waals surface area contributed by atoms with Gasteiger partial charge in [0.15, 0.2) is 5.65 Å². The van der Waals surface area contributed by atoms with Crippen LogP contribution < -0.4 is 5.32 Å². The molecule has 0 saturated heterocycles. The zero-order chi connectivity index (χ0) is 17.3. The third-order valence-corrected chi connectivity index (χ3v) is 4.00. The number of hydrogen-bond donors (Lipinski definition) is 1. The molecule has 0 aliphatic rings. The predicted molar refractivity (Wildman–Crippen MR) is 94.2 cm³/mol. The number of aromatic nitrogens is 5. The maximum absolute atomic E-state index is 5.61. The fourth-order valence-corrected chi connectivity index (χ4v) is 2.87. The zero-order valence-corrected chi connectivity index (χ0v) is 14.8. The fourth-order valence-electron chi connectivity index (χ4n) is 2.87. The predicted octanol–water partition coefficient (Wildman–Crippen LogP) is 3.31. The molecule has 3 rings (SSSR count). The van der Waals surface area contributed by atoms with Gasteiger partial charge < -0.3 is 10.1 Å². The van der Waals surface area contributed by atoms with E-state index < -0.39 is 0 Å². The van der Waals surface area contributed by atoms with Gasteiger partial charge in [-0.1, -0.05) is 13.8 Å². The minimum atomic E-state index is -0.0859. The quantitative estimate of drug-likeness (QED) is 0.752. The highest BCUT2D eigenvalue weighted by Gasteiger charge is 2.17. The molecule has 24 heavy (non-hydrogen) atoms. The Morgan fingerprint density at radius 2 is 2.04 bits per heavy atom. The molecule has 0 aliphatic carbocycles. The largest absolute Gasteiger partial charge is 0.357 e. The summed E-state index contributed by atoms with van der Waals surface area (Å²) in [5.41, 5.74) is 4.11. The molecule has 0 spiro atoms. The zero-order valence-electron chi connectivity index (χ0n) is 14.8. The van der Waals surface area contributed by atoms with Crippen LogP contribution in [0.25, 0.3) is 16.8 Å². The molecule has 0 aromatic carbocycles. The van der Waals surface area contributed by atoms with Crippen molar-refractivity contribution < 1.29 is 4.74 Å². The summed E-state index contributed by atoms with van der Waals surface area (Å²) in [6, 6.07) is 4.07. The normalized spacial score (nSPS) is 12.9. The summed E-state index contributed by atoms with van der Waals surface area (Å²) in [5, 5.41) is 12.0. The molecule has 1 unspecified atom stereocenters. The van der Waals surface area contributed by atoms with E-state index in [1.165, 1.54) is 0 Å². The van der Waals surface area contributed by atoms with Crippen molar-refractivity contribution in [3.63, 3.8) is 0 Å². The van der Waals surface area contributed by atoms with Crippen LogP contribution in [0, 0.1) is 0 Å². The van der Waals surface area contributed by atoms with Crippen molar-refractivity contribution in [2.24, 2.45) is 0 Å². The Balaban J connectivity index is 2.10. The van der Waals surface area contributed by atoms with Crippen molar-refractivity contribution >= 4 is 11.6 Å². The molecular formula is C17H24N6O. The van der Waals surface area contributed by atoms with Crippen molar-refractivity contribution in [3.05, 3.63) is 30.2 Å². The van der Waals surface area contributed by atoms with Crippen molar-refractivity contribution in [2.45, 2.75) is 39.8 Å². The molecule has 7 nitrogen and oxygen atoms in total. The first kappa shape index (κ1) is 16.4. The average Bonchev–Trinajstić information content (AvgIpc) is 3.20. The highest BCUT2D eigenvalue weighted by molar-refractivity contribution is 5.68. The minimum Gasteiger partial charge on any atom is -0.357 e. The summed E-state index contributed by atoms with van der Waals surface area (Å²) >= 11 is 0. The molecule has 0 bridgehead atoms. The second-order valence-electron chi connectivity index (χ2n) is 6.01. The molecular weight excluding hydrogens is 304 g/mol. The van der Waals surface area contributed by atoms with Gasteiger partial charge in [0.25, 0.3) is 0 Å². The van der Waals surface area contributed by atoms with Crippen LogP contribution in [0.15, 0.2) is 24.5 Å². The van der Waals surface area contributed by atoms with Gasteiger partial charge in [-0.2, -0.15) is 10.1 Å². The van der Waals surface area contributed by atoms with Gasteiger partial charge in [0.1, 0.15) is 6.23 Å². The molecule has 1 atom stereocenters. The molecule has 3 heterocycles. The smallest absolute Gasteiger partial charge is 0.242 e.